The molecule has 3 heteroatoms. The van der Waals surface area contributed by atoms with Gasteiger partial charge in [0, 0.05) is 17.7 Å². The van der Waals surface area contributed by atoms with Crippen LogP contribution in [-0.4, -0.2) is 18.5 Å². The molecule has 0 bridgehead atoms. The largest absolute Gasteiger partial charge is 0.326 e. The van der Waals surface area contributed by atoms with Crippen LogP contribution in [0.15, 0.2) is 48.5 Å². The van der Waals surface area contributed by atoms with E-state index in [-0.39, 0.29) is 17.5 Å². The van der Waals surface area contributed by atoms with E-state index in [4.69, 9.17) is 0 Å². The Labute approximate surface area is 144 Å². The smallest absolute Gasteiger partial charge is 0.230 e. The van der Waals surface area contributed by atoms with Gasteiger partial charge in [-0.3, -0.25) is 4.79 Å². The van der Waals surface area contributed by atoms with Crippen molar-refractivity contribution in [3.63, 3.8) is 0 Å². The number of para-hydroxylation sites is 1. The fourth-order valence-corrected chi connectivity index (χ4v) is 3.72. The van der Waals surface area contributed by atoms with Gasteiger partial charge in [0.05, 0.1) is 19.0 Å². The number of hydrogen-bond donors (Lipinski definition) is 2. The highest BCUT2D eigenvalue weighted by Crippen LogP contribution is 2.28. The Morgan fingerprint density at radius 1 is 1.17 bits per heavy atom. The molecule has 2 atom stereocenters. The lowest BCUT2D eigenvalue weighted by molar-refractivity contribution is -0.962. The number of fused-ring (bicyclic) bond motifs is 1. The van der Waals surface area contributed by atoms with Gasteiger partial charge in [-0.15, -0.1) is 0 Å². The highest BCUT2D eigenvalue weighted by atomic mass is 16.1. The summed E-state index contributed by atoms with van der Waals surface area (Å²) in [5.74, 6) is 0.0844. The number of nitrogens with one attached hydrogen (secondary N) is 2. The Kier molecular flexibility index (Phi) is 4.46. The average Bonchev–Trinajstić information content (AvgIpc) is 2.54. The minimum atomic E-state index is 0.0844. The molecule has 0 aliphatic carbocycles. The number of anilines is 1. The number of quaternary nitrogens is 1. The molecule has 2 N–H and O–H groups in total. The summed E-state index contributed by atoms with van der Waals surface area (Å²) in [6.45, 7) is 6.58. The van der Waals surface area contributed by atoms with E-state index >= 15 is 0 Å². The first kappa shape index (κ1) is 16.7. The molecule has 1 heterocycles. The quantitative estimate of drug-likeness (QED) is 0.895. The van der Waals surface area contributed by atoms with Crippen LogP contribution < -0.4 is 10.2 Å². The second-order valence-electron chi connectivity index (χ2n) is 7.56. The number of aryl methyl sites for hydroxylation is 1. The molecule has 1 aliphatic rings. The number of amides is 1. The molecule has 0 radical (unpaired) electrons. The first-order valence-corrected chi connectivity index (χ1v) is 8.66. The van der Waals surface area contributed by atoms with Crippen LogP contribution in [0.3, 0.4) is 0 Å². The maximum absolute atomic E-state index is 12.7. The molecule has 2 aromatic rings. The van der Waals surface area contributed by atoms with Crippen molar-refractivity contribution in [2.45, 2.75) is 45.2 Å². The predicted molar refractivity (Wildman–Crippen MR) is 98.3 cm³/mol. The molecule has 24 heavy (non-hydrogen) atoms. The summed E-state index contributed by atoms with van der Waals surface area (Å²) >= 11 is 0. The van der Waals surface area contributed by atoms with Gasteiger partial charge in [-0.2, -0.15) is 0 Å². The molecule has 0 saturated heterocycles. The molecule has 0 fully saturated rings. The van der Waals surface area contributed by atoms with Crippen LogP contribution in [-0.2, 0) is 11.2 Å². The van der Waals surface area contributed by atoms with Crippen molar-refractivity contribution in [1.82, 2.24) is 0 Å². The number of benzene rings is 2. The van der Waals surface area contributed by atoms with Crippen molar-refractivity contribution in [1.29, 1.82) is 0 Å². The third-order valence-electron chi connectivity index (χ3n) is 5.46. The van der Waals surface area contributed by atoms with Gasteiger partial charge in [0.1, 0.15) is 6.04 Å². The molecule has 3 rings (SSSR count). The Hall–Kier alpha value is -2.13. The highest BCUT2D eigenvalue weighted by Gasteiger charge is 2.41. The van der Waals surface area contributed by atoms with E-state index in [0.29, 0.717) is 6.42 Å². The summed E-state index contributed by atoms with van der Waals surface area (Å²) in [4.78, 5) is 14.1. The van der Waals surface area contributed by atoms with E-state index in [1.165, 1.54) is 16.0 Å². The van der Waals surface area contributed by atoms with Gasteiger partial charge in [0.15, 0.2) is 0 Å². The van der Waals surface area contributed by atoms with Crippen molar-refractivity contribution < 1.29 is 9.69 Å². The van der Waals surface area contributed by atoms with E-state index in [0.717, 1.165) is 17.7 Å². The van der Waals surface area contributed by atoms with Crippen LogP contribution in [0.1, 0.15) is 43.0 Å². The Balaban J connectivity index is 1.83. The second kappa shape index (κ2) is 6.40. The first-order chi connectivity index (χ1) is 11.4. The molecule has 3 nitrogen and oxygen atoms in total. The number of likely N-dealkylation sites (N-methyl/N-ethyl adjacent to an activating group) is 1. The summed E-state index contributed by atoms with van der Waals surface area (Å²) in [6.07, 6.45) is 1.55. The van der Waals surface area contributed by atoms with E-state index in [1.807, 2.05) is 31.2 Å². The SMILES string of the molecule is Cc1ccccc1NC(=O)C[C@H]1c2ccccc2CC(C)(C)[NH+]1C. The molecule has 0 spiro atoms. The van der Waals surface area contributed by atoms with Crippen molar-refractivity contribution in [3.8, 4) is 0 Å². The maximum atomic E-state index is 12.7. The van der Waals surface area contributed by atoms with Crippen LogP contribution in [0.25, 0.3) is 0 Å². The van der Waals surface area contributed by atoms with E-state index in [9.17, 15) is 4.79 Å². The topological polar surface area (TPSA) is 33.5 Å². The van der Waals surface area contributed by atoms with Gasteiger partial charge in [-0.1, -0.05) is 42.5 Å². The van der Waals surface area contributed by atoms with Crippen molar-refractivity contribution in [2.24, 2.45) is 0 Å². The van der Waals surface area contributed by atoms with E-state index in [1.54, 1.807) is 0 Å². The minimum absolute atomic E-state index is 0.0844. The van der Waals surface area contributed by atoms with Gasteiger partial charge in [0.25, 0.3) is 0 Å². The van der Waals surface area contributed by atoms with Crippen LogP contribution in [0.2, 0.25) is 0 Å². The Morgan fingerprint density at radius 2 is 1.83 bits per heavy atom. The highest BCUT2D eigenvalue weighted by molar-refractivity contribution is 5.91. The zero-order valence-electron chi connectivity index (χ0n) is 15.0. The number of hydrogen-bond acceptors (Lipinski definition) is 1. The average molecular weight is 323 g/mol. The Morgan fingerprint density at radius 3 is 2.58 bits per heavy atom. The minimum Gasteiger partial charge on any atom is -0.326 e. The number of carbonyl (C=O) groups is 1. The van der Waals surface area contributed by atoms with Gasteiger partial charge in [-0.25, -0.2) is 0 Å². The van der Waals surface area contributed by atoms with Gasteiger partial charge in [0.2, 0.25) is 5.91 Å². The van der Waals surface area contributed by atoms with E-state index in [2.05, 4.69) is 50.5 Å². The molecule has 2 aromatic carbocycles. The normalized spacial score (nSPS) is 21.8. The zero-order chi connectivity index (χ0) is 17.3. The summed E-state index contributed by atoms with van der Waals surface area (Å²) in [6, 6.07) is 16.7. The lowest BCUT2D eigenvalue weighted by Gasteiger charge is -2.43. The second-order valence-corrected chi connectivity index (χ2v) is 7.56. The molecule has 0 saturated carbocycles. The standard InChI is InChI=1S/C21H26N2O/c1-15-9-5-8-12-18(15)22-20(24)13-19-17-11-7-6-10-16(17)14-21(2,3)23(19)4/h5-12,19H,13-14H2,1-4H3,(H,22,24)/p+1/t19-/m0/s1. The summed E-state index contributed by atoms with van der Waals surface area (Å²) in [5, 5.41) is 3.08. The van der Waals surface area contributed by atoms with Crippen molar-refractivity contribution in [2.75, 3.05) is 12.4 Å². The van der Waals surface area contributed by atoms with Crippen LogP contribution in [0.4, 0.5) is 5.69 Å². The predicted octanol–water partition coefficient (Wildman–Crippen LogP) is 2.91. The Bertz CT molecular complexity index is 751. The lowest BCUT2D eigenvalue weighted by atomic mass is 9.81. The molecule has 1 unspecified atom stereocenters. The molecule has 0 aromatic heterocycles. The molecule has 1 amide bonds. The van der Waals surface area contributed by atoms with Gasteiger partial charge >= 0.3 is 0 Å². The van der Waals surface area contributed by atoms with Gasteiger partial charge in [-0.05, 0) is 38.0 Å². The van der Waals surface area contributed by atoms with Crippen molar-refractivity contribution >= 4 is 11.6 Å². The maximum Gasteiger partial charge on any atom is 0.230 e. The van der Waals surface area contributed by atoms with Crippen LogP contribution in [0.5, 0.6) is 0 Å². The number of rotatable bonds is 3. The molecule has 1 aliphatic heterocycles. The van der Waals surface area contributed by atoms with Crippen LogP contribution in [0, 0.1) is 6.92 Å². The van der Waals surface area contributed by atoms with Crippen molar-refractivity contribution in [3.05, 3.63) is 65.2 Å². The first-order valence-electron chi connectivity index (χ1n) is 8.66. The summed E-state index contributed by atoms with van der Waals surface area (Å²) < 4.78 is 0. The summed E-state index contributed by atoms with van der Waals surface area (Å²) in [7, 11) is 2.21. The third kappa shape index (κ3) is 3.22. The summed E-state index contributed by atoms with van der Waals surface area (Å²) in [5.41, 5.74) is 4.82. The lowest BCUT2D eigenvalue weighted by Crippen LogP contribution is -3.18. The number of carbonyl (C=O) groups excluding carboxylic acids is 1. The molecule has 126 valence electrons. The monoisotopic (exact) mass is 323 g/mol. The molecular formula is C21H27N2O+. The third-order valence-corrected chi connectivity index (χ3v) is 5.46. The van der Waals surface area contributed by atoms with E-state index < -0.39 is 0 Å². The fourth-order valence-electron chi connectivity index (χ4n) is 3.72. The zero-order valence-corrected chi connectivity index (χ0v) is 15.0. The molecular weight excluding hydrogens is 296 g/mol. The van der Waals surface area contributed by atoms with Gasteiger partial charge < -0.3 is 10.2 Å². The van der Waals surface area contributed by atoms with Crippen LogP contribution >= 0.6 is 0 Å². The fraction of sp³-hybridized carbons (Fsp3) is 0.381.